The number of H-pyrrole nitrogens is 1. The van der Waals surface area contributed by atoms with E-state index in [1.807, 2.05) is 0 Å². The predicted molar refractivity (Wildman–Crippen MR) is 140 cm³/mol. The number of carbonyl (C=O) groups is 1. The number of benzene rings is 1. The Morgan fingerprint density at radius 2 is 1.97 bits per heavy atom. The van der Waals surface area contributed by atoms with E-state index in [-0.39, 0.29) is 47.4 Å². The van der Waals surface area contributed by atoms with Crippen LogP contribution < -0.4 is 26.6 Å². The quantitative estimate of drug-likeness (QED) is 0.321. The fourth-order valence-electron chi connectivity index (χ4n) is 3.48. The molecule has 2 amide bonds. The predicted octanol–water partition coefficient (Wildman–Crippen LogP) is 1.48. The molecule has 38 heavy (non-hydrogen) atoms. The second kappa shape index (κ2) is 9.02. The molecule has 2 aliphatic rings. The number of pyridine rings is 1. The molecular weight excluding hydrogens is 582 g/mol. The van der Waals surface area contributed by atoms with Crippen LogP contribution in [-0.2, 0) is 20.0 Å². The van der Waals surface area contributed by atoms with Crippen molar-refractivity contribution in [3.63, 3.8) is 0 Å². The van der Waals surface area contributed by atoms with Crippen molar-refractivity contribution >= 4 is 77.6 Å². The molecule has 4 N–H and O–H groups in total. The number of sulfonamides is 2. The van der Waals surface area contributed by atoms with E-state index in [2.05, 4.69) is 36.5 Å². The highest BCUT2D eigenvalue weighted by atomic mass is 35.5. The summed E-state index contributed by atoms with van der Waals surface area (Å²) in [6.07, 6.45) is 1.08. The van der Waals surface area contributed by atoms with Crippen LogP contribution in [0.25, 0.3) is 16.7 Å². The standard InChI is InChI=1S/C20H12ClN7O7S3/c1-9-23-13-7-12-11(6-14(13)37(32,33)26-9)18(29)28(20(31)25-12)16-4-2-10(8-22-16)24-19(30)27-38(34,35)17-5-3-15(21)36-17/h2,4,6-8H,1H3,(H,23,26)(H,25,31)(H2,24,27,30). The summed E-state index contributed by atoms with van der Waals surface area (Å²) in [6.45, 7) is 1.45. The second-order valence-electron chi connectivity index (χ2n) is 7.62. The monoisotopic (exact) mass is 593 g/mol. The zero-order valence-corrected chi connectivity index (χ0v) is 21.9. The van der Waals surface area contributed by atoms with Crippen molar-refractivity contribution in [2.45, 2.75) is 11.8 Å². The van der Waals surface area contributed by atoms with Crippen molar-refractivity contribution in [2.24, 2.45) is 4.40 Å². The molecule has 4 heterocycles. The molecule has 0 fully saturated rings. The van der Waals surface area contributed by atoms with E-state index < -0.39 is 37.3 Å². The summed E-state index contributed by atoms with van der Waals surface area (Å²) >= 11 is 6.31. The van der Waals surface area contributed by atoms with Gasteiger partial charge >= 0.3 is 11.7 Å². The van der Waals surface area contributed by atoms with Gasteiger partial charge in [0.05, 0.1) is 28.5 Å². The van der Waals surface area contributed by atoms with Gasteiger partial charge in [-0.15, -0.1) is 4.40 Å². The van der Waals surface area contributed by atoms with E-state index in [0.717, 1.165) is 12.3 Å². The SMILES string of the molecule is CC1=NS(=O)(=O)c2cc3c(=O)n(-c4ccc(NC(=O)NS(=O)(=O)C5=C=C=C(Cl)S5)cn4)c(=O)[nH]c3cc2N1. The molecule has 2 aliphatic heterocycles. The van der Waals surface area contributed by atoms with Gasteiger partial charge in [0.15, 0.2) is 4.24 Å². The summed E-state index contributed by atoms with van der Waals surface area (Å²) in [4.78, 5) is 44.3. The first-order chi connectivity index (χ1) is 17.8. The number of hydrogen-bond acceptors (Lipinski definition) is 10. The van der Waals surface area contributed by atoms with E-state index in [4.69, 9.17) is 11.6 Å². The molecular formula is C20H12ClN7O7S3. The smallest absolute Gasteiger partial charge is 0.334 e. The molecule has 3 aromatic rings. The Hall–Kier alpha value is -4.11. The molecule has 14 nitrogen and oxygen atoms in total. The zero-order valence-electron chi connectivity index (χ0n) is 18.7. The number of aromatic nitrogens is 3. The molecule has 0 spiro atoms. The van der Waals surface area contributed by atoms with Gasteiger partial charge in [-0.05, 0) is 54.4 Å². The van der Waals surface area contributed by atoms with Gasteiger partial charge in [-0.3, -0.25) is 4.79 Å². The van der Waals surface area contributed by atoms with Crippen molar-refractivity contribution < 1.29 is 21.6 Å². The van der Waals surface area contributed by atoms with Crippen molar-refractivity contribution in [2.75, 3.05) is 10.6 Å². The van der Waals surface area contributed by atoms with Crippen molar-refractivity contribution in [3.8, 4) is 5.82 Å². The molecule has 0 aliphatic carbocycles. The molecule has 2 aromatic heterocycles. The third-order valence-corrected chi connectivity index (χ3v) is 9.25. The Balaban J connectivity index is 1.44. The highest BCUT2D eigenvalue weighted by Crippen LogP contribution is 2.33. The highest BCUT2D eigenvalue weighted by molar-refractivity contribution is 8.21. The average Bonchev–Trinajstić information content (AvgIpc) is 3.26. The minimum Gasteiger partial charge on any atom is -0.342 e. The summed E-state index contributed by atoms with van der Waals surface area (Å²) in [5, 5.41) is 4.92. The molecule has 5 rings (SSSR count). The van der Waals surface area contributed by atoms with E-state index in [9.17, 15) is 31.2 Å². The van der Waals surface area contributed by atoms with E-state index in [1.54, 1.807) is 4.72 Å². The van der Waals surface area contributed by atoms with Crippen LogP contribution >= 0.6 is 23.4 Å². The third-order valence-electron chi connectivity index (χ3n) is 5.00. The summed E-state index contributed by atoms with van der Waals surface area (Å²) in [6, 6.07) is 3.80. The Kier molecular flexibility index (Phi) is 6.06. The number of halogens is 1. The van der Waals surface area contributed by atoms with Crippen LogP contribution in [0.3, 0.4) is 0 Å². The Morgan fingerprint density at radius 1 is 1.21 bits per heavy atom. The highest BCUT2D eigenvalue weighted by Gasteiger charge is 2.26. The maximum absolute atomic E-state index is 13.2. The molecule has 194 valence electrons. The number of rotatable bonds is 4. The first-order valence-electron chi connectivity index (χ1n) is 10.2. The number of amides is 2. The van der Waals surface area contributed by atoms with Gasteiger partial charge in [0, 0.05) is 0 Å². The average molecular weight is 594 g/mol. The van der Waals surface area contributed by atoms with Crippen molar-refractivity contribution in [1.29, 1.82) is 0 Å². The summed E-state index contributed by atoms with van der Waals surface area (Å²) in [5.41, 5.74) is 3.23. The van der Waals surface area contributed by atoms with Gasteiger partial charge in [0.1, 0.15) is 20.9 Å². The van der Waals surface area contributed by atoms with Gasteiger partial charge < -0.3 is 15.6 Å². The molecule has 18 heteroatoms. The van der Waals surface area contributed by atoms with Crippen LogP contribution in [0.15, 0.2) is 69.4 Å². The fourth-order valence-corrected chi connectivity index (χ4v) is 6.81. The molecule has 0 atom stereocenters. The number of carbonyl (C=O) groups excluding carboxylic acids is 1. The summed E-state index contributed by atoms with van der Waals surface area (Å²) < 4.78 is 55.0. The van der Waals surface area contributed by atoms with Gasteiger partial charge in [-0.2, -0.15) is 16.8 Å². The van der Waals surface area contributed by atoms with Crippen LogP contribution in [0.1, 0.15) is 6.92 Å². The number of thioether (sulfide) groups is 1. The molecule has 1 aromatic carbocycles. The Bertz CT molecular complexity index is 2050. The van der Waals surface area contributed by atoms with E-state index in [1.165, 1.54) is 25.1 Å². The minimum atomic E-state index is -4.24. The zero-order chi connectivity index (χ0) is 27.4. The van der Waals surface area contributed by atoms with Gasteiger partial charge in [0.2, 0.25) is 0 Å². The Labute approximate surface area is 221 Å². The van der Waals surface area contributed by atoms with Crippen molar-refractivity contribution in [3.05, 3.63) is 71.4 Å². The lowest BCUT2D eigenvalue weighted by Gasteiger charge is -2.17. The number of nitrogens with one attached hydrogen (secondary N) is 4. The Morgan fingerprint density at radius 3 is 2.63 bits per heavy atom. The third kappa shape index (κ3) is 4.65. The second-order valence-corrected chi connectivity index (χ2v) is 12.7. The number of nitrogens with zero attached hydrogens (tertiary/aromatic N) is 3. The maximum atomic E-state index is 13.2. The first kappa shape index (κ1) is 25.5. The fraction of sp³-hybridized carbons (Fsp3) is 0.0500. The molecule has 0 bridgehead atoms. The van der Waals surface area contributed by atoms with Crippen LogP contribution in [0.4, 0.5) is 16.2 Å². The lowest BCUT2D eigenvalue weighted by molar-refractivity contribution is 0.256. The molecule has 0 unspecified atom stereocenters. The first-order valence-corrected chi connectivity index (χ1v) is 14.3. The number of fused-ring (bicyclic) bond motifs is 2. The van der Waals surface area contributed by atoms with E-state index >= 15 is 0 Å². The van der Waals surface area contributed by atoms with Crippen LogP contribution in [0.2, 0.25) is 0 Å². The van der Waals surface area contributed by atoms with Crippen LogP contribution in [0.5, 0.6) is 0 Å². The maximum Gasteiger partial charge on any atom is 0.334 e. The lowest BCUT2D eigenvalue weighted by atomic mass is 10.2. The normalized spacial score (nSPS) is 15.7. The van der Waals surface area contributed by atoms with Crippen molar-refractivity contribution in [1.82, 2.24) is 19.3 Å². The number of amidine groups is 1. The van der Waals surface area contributed by atoms with E-state index in [0.29, 0.717) is 16.3 Å². The minimum absolute atomic E-state index is 0.0333. The van der Waals surface area contributed by atoms with Crippen LogP contribution in [-0.4, -0.2) is 43.2 Å². The van der Waals surface area contributed by atoms with Gasteiger partial charge in [0.25, 0.3) is 25.6 Å². The lowest BCUT2D eigenvalue weighted by Crippen LogP contribution is -2.35. The number of anilines is 2. The summed E-state index contributed by atoms with van der Waals surface area (Å²) in [7, 11) is -8.30. The topological polar surface area (TPSA) is 202 Å². The van der Waals surface area contributed by atoms with Gasteiger partial charge in [-0.1, -0.05) is 11.6 Å². The van der Waals surface area contributed by atoms with Crippen LogP contribution in [0, 0.1) is 0 Å². The number of aromatic amines is 1. The summed E-state index contributed by atoms with van der Waals surface area (Å²) in [5.74, 6) is -0.0212. The molecule has 0 saturated carbocycles. The number of urea groups is 1. The molecule has 0 radical (unpaired) electrons. The number of hydrogen-bond donors (Lipinski definition) is 4. The van der Waals surface area contributed by atoms with Gasteiger partial charge in [-0.25, -0.2) is 23.9 Å². The largest absolute Gasteiger partial charge is 0.342 e. The molecule has 0 saturated heterocycles.